The van der Waals surface area contributed by atoms with E-state index in [-0.39, 0.29) is 17.4 Å². The number of rotatable bonds is 8. The molecule has 1 aromatic carbocycles. The Morgan fingerprint density at radius 1 is 1.20 bits per heavy atom. The van der Waals surface area contributed by atoms with Gasteiger partial charge in [-0.2, -0.15) is 0 Å². The lowest BCUT2D eigenvalue weighted by Crippen LogP contribution is -2.33. The van der Waals surface area contributed by atoms with E-state index in [9.17, 15) is 9.18 Å². The summed E-state index contributed by atoms with van der Waals surface area (Å²) < 4.78 is 13.7. The number of amides is 1. The molecule has 112 valence electrons. The van der Waals surface area contributed by atoms with Crippen molar-refractivity contribution in [1.82, 2.24) is 4.90 Å². The first kappa shape index (κ1) is 16.5. The maximum atomic E-state index is 13.7. The lowest BCUT2D eigenvalue weighted by atomic mass is 10.1. The van der Waals surface area contributed by atoms with E-state index in [1.54, 1.807) is 19.2 Å². The molecule has 0 aliphatic heterocycles. The maximum absolute atomic E-state index is 13.7. The molecule has 0 unspecified atom stereocenters. The summed E-state index contributed by atoms with van der Waals surface area (Å²) in [6, 6.07) is 4.63. The van der Waals surface area contributed by atoms with Crippen molar-refractivity contribution in [1.29, 1.82) is 0 Å². The van der Waals surface area contributed by atoms with Gasteiger partial charge < -0.3 is 10.2 Å². The molecule has 0 radical (unpaired) electrons. The Hall–Kier alpha value is -1.58. The summed E-state index contributed by atoms with van der Waals surface area (Å²) in [5.41, 5.74) is 0.704. The van der Waals surface area contributed by atoms with Gasteiger partial charge in [0, 0.05) is 20.1 Å². The highest BCUT2D eigenvalue weighted by Gasteiger charge is 2.19. The Balaban J connectivity index is 2.95. The molecule has 0 fully saturated rings. The second-order valence-electron chi connectivity index (χ2n) is 4.91. The highest BCUT2D eigenvalue weighted by atomic mass is 19.1. The summed E-state index contributed by atoms with van der Waals surface area (Å²) in [6.45, 7) is 5.66. The molecule has 0 aliphatic rings. The van der Waals surface area contributed by atoms with Crippen molar-refractivity contribution < 1.29 is 9.18 Å². The van der Waals surface area contributed by atoms with Gasteiger partial charge in [0.15, 0.2) is 0 Å². The van der Waals surface area contributed by atoms with Crippen LogP contribution >= 0.6 is 0 Å². The third-order valence-electron chi connectivity index (χ3n) is 3.34. The van der Waals surface area contributed by atoms with Gasteiger partial charge in [-0.3, -0.25) is 4.79 Å². The topological polar surface area (TPSA) is 32.3 Å². The van der Waals surface area contributed by atoms with Crippen LogP contribution in [0.15, 0.2) is 18.2 Å². The maximum Gasteiger partial charge on any atom is 0.256 e. The van der Waals surface area contributed by atoms with E-state index in [1.165, 1.54) is 6.07 Å². The molecule has 0 aromatic heterocycles. The molecule has 0 saturated heterocycles. The van der Waals surface area contributed by atoms with Gasteiger partial charge in [0.05, 0.1) is 11.3 Å². The Labute approximate surface area is 121 Å². The van der Waals surface area contributed by atoms with E-state index in [0.29, 0.717) is 5.56 Å². The fourth-order valence-corrected chi connectivity index (χ4v) is 2.14. The minimum Gasteiger partial charge on any atom is -0.385 e. The van der Waals surface area contributed by atoms with E-state index in [2.05, 4.69) is 19.2 Å². The van der Waals surface area contributed by atoms with Gasteiger partial charge in [0.2, 0.25) is 0 Å². The van der Waals surface area contributed by atoms with E-state index in [4.69, 9.17) is 0 Å². The quantitative estimate of drug-likeness (QED) is 0.783. The molecule has 1 amide bonds. The number of hydrogen-bond donors (Lipinski definition) is 1. The summed E-state index contributed by atoms with van der Waals surface area (Å²) >= 11 is 0. The lowest BCUT2D eigenvalue weighted by Gasteiger charge is -2.23. The first-order valence-corrected chi connectivity index (χ1v) is 7.41. The van der Waals surface area contributed by atoms with Crippen molar-refractivity contribution in [3.8, 4) is 0 Å². The average molecular weight is 280 g/mol. The molecule has 0 bridgehead atoms. The fraction of sp³-hybridized carbons (Fsp3) is 0.562. The van der Waals surface area contributed by atoms with Crippen molar-refractivity contribution >= 4 is 11.6 Å². The van der Waals surface area contributed by atoms with Crippen LogP contribution in [0.4, 0.5) is 10.1 Å². The smallest absolute Gasteiger partial charge is 0.256 e. The molecule has 1 rings (SSSR count). The van der Waals surface area contributed by atoms with Gasteiger partial charge in [-0.15, -0.1) is 0 Å². The zero-order valence-corrected chi connectivity index (χ0v) is 12.7. The molecule has 20 heavy (non-hydrogen) atoms. The molecule has 0 aliphatic carbocycles. The van der Waals surface area contributed by atoms with Gasteiger partial charge >= 0.3 is 0 Å². The number of hydrogen-bond acceptors (Lipinski definition) is 2. The van der Waals surface area contributed by atoms with Crippen molar-refractivity contribution in [3.63, 3.8) is 0 Å². The van der Waals surface area contributed by atoms with Crippen molar-refractivity contribution in [3.05, 3.63) is 29.6 Å². The van der Waals surface area contributed by atoms with Crippen LogP contribution in [-0.4, -0.2) is 30.9 Å². The zero-order chi connectivity index (χ0) is 15.0. The van der Waals surface area contributed by atoms with Crippen molar-refractivity contribution in [2.24, 2.45) is 0 Å². The Bertz CT molecular complexity index is 426. The van der Waals surface area contributed by atoms with E-state index in [0.717, 1.165) is 38.8 Å². The molecule has 4 heteroatoms. The molecule has 0 atom stereocenters. The monoisotopic (exact) mass is 280 g/mol. The molecule has 1 N–H and O–H groups in total. The van der Waals surface area contributed by atoms with Gasteiger partial charge in [0.25, 0.3) is 5.91 Å². The molecule has 1 aromatic rings. The van der Waals surface area contributed by atoms with E-state index >= 15 is 0 Å². The van der Waals surface area contributed by atoms with Gasteiger partial charge in [-0.25, -0.2) is 4.39 Å². The van der Waals surface area contributed by atoms with Crippen LogP contribution in [0.25, 0.3) is 0 Å². The first-order valence-electron chi connectivity index (χ1n) is 7.41. The Kier molecular flexibility index (Phi) is 7.05. The van der Waals surface area contributed by atoms with Crippen LogP contribution in [0.2, 0.25) is 0 Å². The summed E-state index contributed by atoms with van der Waals surface area (Å²) in [5, 5.41) is 2.79. The zero-order valence-electron chi connectivity index (χ0n) is 12.7. The summed E-state index contributed by atoms with van der Waals surface area (Å²) in [6.07, 6.45) is 4.02. The molecule has 0 heterocycles. The lowest BCUT2D eigenvalue weighted by molar-refractivity contribution is 0.0751. The third-order valence-corrected chi connectivity index (χ3v) is 3.34. The van der Waals surface area contributed by atoms with Crippen molar-refractivity contribution in [2.45, 2.75) is 39.5 Å². The number of anilines is 1. The number of carbonyl (C=O) groups excluding carboxylic acids is 1. The third kappa shape index (κ3) is 4.22. The Morgan fingerprint density at radius 3 is 2.30 bits per heavy atom. The summed E-state index contributed by atoms with van der Waals surface area (Å²) in [7, 11) is 1.64. The van der Waals surface area contributed by atoms with Gasteiger partial charge in [-0.1, -0.05) is 32.8 Å². The molecular formula is C16H25FN2O. The van der Waals surface area contributed by atoms with E-state index in [1.807, 2.05) is 4.90 Å². The largest absolute Gasteiger partial charge is 0.385 e. The number of para-hydroxylation sites is 1. The van der Waals surface area contributed by atoms with Crippen LogP contribution < -0.4 is 5.32 Å². The van der Waals surface area contributed by atoms with Crippen molar-refractivity contribution in [2.75, 3.05) is 25.5 Å². The minimum atomic E-state index is -0.385. The Morgan fingerprint density at radius 2 is 1.80 bits per heavy atom. The van der Waals surface area contributed by atoms with Crippen LogP contribution in [-0.2, 0) is 0 Å². The predicted octanol–water partition coefficient (Wildman–Crippen LogP) is 3.91. The highest BCUT2D eigenvalue weighted by molar-refractivity contribution is 5.99. The SMILES string of the molecule is CCCCN(CCCC)C(=O)c1cccc(F)c1NC. The van der Waals surface area contributed by atoms with E-state index < -0.39 is 0 Å². The normalized spacial score (nSPS) is 10.4. The second kappa shape index (κ2) is 8.56. The van der Waals surface area contributed by atoms with Crippen LogP contribution in [0.3, 0.4) is 0 Å². The standard InChI is InChI=1S/C16H25FN2O/c1-4-6-11-19(12-7-5-2)16(20)13-9-8-10-14(17)15(13)18-3/h8-10,18H,4-7,11-12H2,1-3H3. The van der Waals surface area contributed by atoms with Crippen LogP contribution in [0.1, 0.15) is 49.9 Å². The number of nitrogens with zero attached hydrogens (tertiary/aromatic N) is 1. The average Bonchev–Trinajstić information content (AvgIpc) is 2.46. The summed E-state index contributed by atoms with van der Waals surface area (Å²) in [5.74, 6) is -0.472. The highest BCUT2D eigenvalue weighted by Crippen LogP contribution is 2.21. The predicted molar refractivity (Wildman–Crippen MR) is 81.7 cm³/mol. The van der Waals surface area contributed by atoms with Gasteiger partial charge in [-0.05, 0) is 25.0 Å². The number of halogens is 1. The summed E-state index contributed by atoms with van der Waals surface area (Å²) in [4.78, 5) is 14.4. The fourth-order valence-electron chi connectivity index (χ4n) is 2.14. The number of carbonyl (C=O) groups is 1. The number of nitrogens with one attached hydrogen (secondary N) is 1. The van der Waals surface area contributed by atoms with Gasteiger partial charge in [0.1, 0.15) is 5.82 Å². The number of unbranched alkanes of at least 4 members (excludes halogenated alkanes) is 2. The van der Waals surface area contributed by atoms with Crippen LogP contribution in [0.5, 0.6) is 0 Å². The van der Waals surface area contributed by atoms with Crippen LogP contribution in [0, 0.1) is 5.82 Å². The first-order chi connectivity index (χ1) is 9.65. The molecule has 0 spiro atoms. The minimum absolute atomic E-state index is 0.0873. The molecule has 0 saturated carbocycles. The second-order valence-corrected chi connectivity index (χ2v) is 4.91. The number of benzene rings is 1. The molecule has 3 nitrogen and oxygen atoms in total. The molecular weight excluding hydrogens is 255 g/mol.